The fourth-order valence-electron chi connectivity index (χ4n) is 3.75. The molecule has 118 valence electrons. The van der Waals surface area contributed by atoms with Gasteiger partial charge in [0, 0.05) is 30.4 Å². The van der Waals surface area contributed by atoms with Crippen LogP contribution in [0, 0.1) is 18.8 Å². The predicted octanol–water partition coefficient (Wildman–Crippen LogP) is 3.93. The molecule has 0 radical (unpaired) electrons. The molecule has 2 aromatic rings. The van der Waals surface area contributed by atoms with E-state index >= 15 is 0 Å². The van der Waals surface area contributed by atoms with E-state index in [1.54, 1.807) is 0 Å². The van der Waals surface area contributed by atoms with Gasteiger partial charge in [0.05, 0.1) is 5.52 Å². The third kappa shape index (κ3) is 3.41. The second-order valence-electron chi connectivity index (χ2n) is 6.97. The molecule has 3 heteroatoms. The number of pyridine rings is 1. The number of hydrogen-bond donors (Lipinski definition) is 1. The molecule has 22 heavy (non-hydrogen) atoms. The Morgan fingerprint density at radius 1 is 1.18 bits per heavy atom. The molecule has 1 saturated carbocycles. The summed E-state index contributed by atoms with van der Waals surface area (Å²) >= 11 is 0. The average molecular weight is 297 g/mol. The molecule has 2 unspecified atom stereocenters. The average Bonchev–Trinajstić information content (AvgIpc) is 2.91. The Morgan fingerprint density at radius 3 is 2.82 bits per heavy atom. The molecule has 1 aromatic carbocycles. The van der Waals surface area contributed by atoms with E-state index in [0.717, 1.165) is 23.9 Å². The van der Waals surface area contributed by atoms with E-state index in [1.165, 1.54) is 42.4 Å². The number of hydrogen-bond acceptors (Lipinski definition) is 3. The van der Waals surface area contributed by atoms with Gasteiger partial charge in [-0.1, -0.05) is 18.6 Å². The standard InChI is InChI=1S/C19H27N3/c1-14-7-8-17-18(9-10-20-19(17)11-14)21-12-15-5-4-6-16(15)13-22(2)3/h7-11,15-16H,4-6,12-13H2,1-3H3,(H,20,21). The molecule has 1 N–H and O–H groups in total. The maximum absolute atomic E-state index is 4.49. The number of nitrogens with zero attached hydrogens (tertiary/aromatic N) is 2. The first kappa shape index (κ1) is 15.3. The topological polar surface area (TPSA) is 28.2 Å². The van der Waals surface area contributed by atoms with E-state index in [2.05, 4.69) is 60.5 Å². The van der Waals surface area contributed by atoms with E-state index in [4.69, 9.17) is 0 Å². The quantitative estimate of drug-likeness (QED) is 0.906. The fourth-order valence-corrected chi connectivity index (χ4v) is 3.75. The molecule has 0 aliphatic heterocycles. The number of rotatable bonds is 5. The lowest BCUT2D eigenvalue weighted by atomic mass is 9.95. The van der Waals surface area contributed by atoms with Crippen LogP contribution in [0.5, 0.6) is 0 Å². The zero-order valence-electron chi connectivity index (χ0n) is 14.0. The molecule has 1 fully saturated rings. The minimum atomic E-state index is 0.788. The molecule has 3 rings (SSSR count). The summed E-state index contributed by atoms with van der Waals surface area (Å²) in [5.74, 6) is 1.62. The fraction of sp³-hybridized carbons (Fsp3) is 0.526. The maximum atomic E-state index is 4.49. The predicted molar refractivity (Wildman–Crippen MR) is 94.4 cm³/mol. The zero-order chi connectivity index (χ0) is 15.5. The summed E-state index contributed by atoms with van der Waals surface area (Å²) in [6.45, 7) is 4.40. The number of aromatic nitrogens is 1. The Kier molecular flexibility index (Phi) is 4.63. The van der Waals surface area contributed by atoms with Crippen LogP contribution in [-0.4, -0.2) is 37.1 Å². The normalized spacial score (nSPS) is 21.6. The van der Waals surface area contributed by atoms with Crippen LogP contribution in [0.25, 0.3) is 10.9 Å². The van der Waals surface area contributed by atoms with Crippen LogP contribution in [-0.2, 0) is 0 Å². The van der Waals surface area contributed by atoms with E-state index in [0.29, 0.717) is 0 Å². The van der Waals surface area contributed by atoms with E-state index < -0.39 is 0 Å². The lowest BCUT2D eigenvalue weighted by Crippen LogP contribution is -2.27. The molecule has 3 nitrogen and oxygen atoms in total. The summed E-state index contributed by atoms with van der Waals surface area (Å²) in [7, 11) is 4.36. The molecule has 1 aromatic heterocycles. The molecule has 0 bridgehead atoms. The van der Waals surface area contributed by atoms with Gasteiger partial charge in [0.2, 0.25) is 0 Å². The van der Waals surface area contributed by atoms with Crippen LogP contribution in [0.1, 0.15) is 24.8 Å². The largest absolute Gasteiger partial charge is 0.384 e. The third-order valence-corrected chi connectivity index (χ3v) is 4.87. The van der Waals surface area contributed by atoms with Crippen molar-refractivity contribution in [3.05, 3.63) is 36.0 Å². The van der Waals surface area contributed by atoms with Gasteiger partial charge in [-0.15, -0.1) is 0 Å². The summed E-state index contributed by atoms with van der Waals surface area (Å²) < 4.78 is 0. The summed E-state index contributed by atoms with van der Waals surface area (Å²) in [5.41, 5.74) is 3.57. The van der Waals surface area contributed by atoms with Gasteiger partial charge < -0.3 is 10.2 Å². The molecule has 1 aliphatic carbocycles. The van der Waals surface area contributed by atoms with Crippen molar-refractivity contribution in [2.24, 2.45) is 11.8 Å². The Bertz CT molecular complexity index is 636. The van der Waals surface area contributed by atoms with Crippen LogP contribution >= 0.6 is 0 Å². The monoisotopic (exact) mass is 297 g/mol. The second-order valence-corrected chi connectivity index (χ2v) is 6.97. The van der Waals surface area contributed by atoms with Crippen LogP contribution in [0.4, 0.5) is 5.69 Å². The van der Waals surface area contributed by atoms with Gasteiger partial charge in [-0.3, -0.25) is 4.98 Å². The van der Waals surface area contributed by atoms with Gasteiger partial charge in [0.1, 0.15) is 0 Å². The highest BCUT2D eigenvalue weighted by atomic mass is 15.1. The molecule has 0 spiro atoms. The van der Waals surface area contributed by atoms with Crippen molar-refractivity contribution in [3.8, 4) is 0 Å². The van der Waals surface area contributed by atoms with E-state index in [-0.39, 0.29) is 0 Å². The van der Waals surface area contributed by atoms with E-state index in [9.17, 15) is 0 Å². The van der Waals surface area contributed by atoms with Crippen molar-refractivity contribution in [1.82, 2.24) is 9.88 Å². The molecule has 1 aliphatic rings. The van der Waals surface area contributed by atoms with Crippen molar-refractivity contribution in [3.63, 3.8) is 0 Å². The first-order chi connectivity index (χ1) is 10.6. The highest BCUT2D eigenvalue weighted by Gasteiger charge is 2.27. The minimum Gasteiger partial charge on any atom is -0.384 e. The summed E-state index contributed by atoms with van der Waals surface area (Å²) in [5, 5.41) is 4.93. The SMILES string of the molecule is Cc1ccc2c(NCC3CCCC3CN(C)C)ccnc2c1. The van der Waals surface area contributed by atoms with Gasteiger partial charge in [-0.25, -0.2) is 0 Å². The van der Waals surface area contributed by atoms with Gasteiger partial charge >= 0.3 is 0 Å². The molecule has 0 amide bonds. The lowest BCUT2D eigenvalue weighted by molar-refractivity contribution is 0.281. The Morgan fingerprint density at radius 2 is 2.00 bits per heavy atom. The van der Waals surface area contributed by atoms with Gasteiger partial charge in [-0.2, -0.15) is 0 Å². The first-order valence-corrected chi connectivity index (χ1v) is 8.37. The van der Waals surface area contributed by atoms with E-state index in [1.807, 2.05) is 6.20 Å². The van der Waals surface area contributed by atoms with Crippen LogP contribution in [0.3, 0.4) is 0 Å². The molecule has 2 atom stereocenters. The summed E-state index contributed by atoms with van der Waals surface area (Å²) in [6, 6.07) is 8.62. The van der Waals surface area contributed by atoms with Crippen molar-refractivity contribution >= 4 is 16.6 Å². The summed E-state index contributed by atoms with van der Waals surface area (Å²) in [6.07, 6.45) is 6.02. The van der Waals surface area contributed by atoms with Crippen LogP contribution in [0.15, 0.2) is 30.5 Å². The van der Waals surface area contributed by atoms with Gasteiger partial charge in [0.15, 0.2) is 0 Å². The number of nitrogens with one attached hydrogen (secondary N) is 1. The first-order valence-electron chi connectivity index (χ1n) is 8.37. The van der Waals surface area contributed by atoms with Crippen molar-refractivity contribution in [2.75, 3.05) is 32.5 Å². The zero-order valence-corrected chi connectivity index (χ0v) is 14.0. The lowest BCUT2D eigenvalue weighted by Gasteiger charge is -2.24. The minimum absolute atomic E-state index is 0.788. The Balaban J connectivity index is 1.71. The third-order valence-electron chi connectivity index (χ3n) is 4.87. The molecular formula is C19H27N3. The van der Waals surface area contributed by atoms with Crippen LogP contribution in [0.2, 0.25) is 0 Å². The number of fused-ring (bicyclic) bond motifs is 1. The Hall–Kier alpha value is -1.61. The van der Waals surface area contributed by atoms with Crippen LogP contribution < -0.4 is 5.32 Å². The second kappa shape index (κ2) is 6.66. The number of anilines is 1. The van der Waals surface area contributed by atoms with Crippen molar-refractivity contribution in [2.45, 2.75) is 26.2 Å². The molecule has 0 saturated heterocycles. The maximum Gasteiger partial charge on any atom is 0.0725 e. The summed E-state index contributed by atoms with van der Waals surface area (Å²) in [4.78, 5) is 6.82. The van der Waals surface area contributed by atoms with Crippen molar-refractivity contribution in [1.29, 1.82) is 0 Å². The number of aryl methyl sites for hydroxylation is 1. The molecular weight excluding hydrogens is 270 g/mol. The highest BCUT2D eigenvalue weighted by Crippen LogP contribution is 2.33. The highest BCUT2D eigenvalue weighted by molar-refractivity contribution is 5.91. The smallest absolute Gasteiger partial charge is 0.0725 e. The molecule has 1 heterocycles. The Labute approximate surface area is 133 Å². The van der Waals surface area contributed by atoms with Crippen molar-refractivity contribution < 1.29 is 0 Å². The van der Waals surface area contributed by atoms with Gasteiger partial charge in [-0.05, 0) is 63.4 Å². The van der Waals surface area contributed by atoms with Gasteiger partial charge in [0.25, 0.3) is 0 Å². The number of benzene rings is 1.